The zero-order chi connectivity index (χ0) is 26.0. The molecule has 4 aromatic rings. The van der Waals surface area contributed by atoms with E-state index in [4.69, 9.17) is 19.7 Å². The van der Waals surface area contributed by atoms with Crippen molar-refractivity contribution in [3.63, 3.8) is 0 Å². The molecule has 0 unspecified atom stereocenters. The molecule has 0 amide bonds. The summed E-state index contributed by atoms with van der Waals surface area (Å²) in [6, 6.07) is 17.3. The van der Waals surface area contributed by atoms with Gasteiger partial charge in [-0.05, 0) is 49.6 Å². The molecule has 1 saturated heterocycles. The van der Waals surface area contributed by atoms with Gasteiger partial charge in [-0.2, -0.15) is 5.26 Å². The highest BCUT2D eigenvalue weighted by molar-refractivity contribution is 5.68. The van der Waals surface area contributed by atoms with Gasteiger partial charge >= 0.3 is 0 Å². The zero-order valence-corrected chi connectivity index (χ0v) is 20.9. The maximum Gasteiger partial charge on any atom is 0.224 e. The van der Waals surface area contributed by atoms with Crippen LogP contribution in [-0.2, 0) is 16.9 Å². The van der Waals surface area contributed by atoms with Crippen LogP contribution in [0.1, 0.15) is 49.1 Å². The van der Waals surface area contributed by atoms with E-state index in [0.717, 1.165) is 49.1 Å². The van der Waals surface area contributed by atoms with E-state index < -0.39 is 5.60 Å². The highest BCUT2D eigenvalue weighted by Gasteiger charge is 2.34. The van der Waals surface area contributed by atoms with Crippen LogP contribution in [0.25, 0.3) is 22.6 Å². The summed E-state index contributed by atoms with van der Waals surface area (Å²) in [7, 11) is 0. The van der Waals surface area contributed by atoms with Gasteiger partial charge in [0.25, 0.3) is 0 Å². The number of benzene rings is 1. The molecule has 3 aromatic heterocycles. The van der Waals surface area contributed by atoms with E-state index in [2.05, 4.69) is 21.7 Å². The van der Waals surface area contributed by atoms with Crippen LogP contribution in [0.2, 0.25) is 0 Å². The Hall–Kier alpha value is -4.20. The van der Waals surface area contributed by atoms with Gasteiger partial charge < -0.3 is 15.2 Å². The average Bonchev–Trinajstić information content (AvgIpc) is 3.72. The van der Waals surface area contributed by atoms with Gasteiger partial charge in [0.2, 0.25) is 5.95 Å². The van der Waals surface area contributed by atoms with Gasteiger partial charge in [-0.25, -0.2) is 14.6 Å². The molecule has 2 fully saturated rings. The van der Waals surface area contributed by atoms with Crippen LogP contribution in [0.3, 0.4) is 0 Å². The predicted octanol–water partition coefficient (Wildman–Crippen LogP) is 3.68. The molecular weight excluding hydrogens is 480 g/mol. The lowest BCUT2D eigenvalue weighted by molar-refractivity contribution is 0.0397. The number of ether oxygens (including phenoxy) is 1. The fourth-order valence-corrected chi connectivity index (χ4v) is 5.07. The molecule has 10 heteroatoms. The number of rotatable bonds is 7. The Labute approximate surface area is 220 Å². The quantitative estimate of drug-likeness (QED) is 0.383. The van der Waals surface area contributed by atoms with Gasteiger partial charge in [0, 0.05) is 12.2 Å². The summed E-state index contributed by atoms with van der Waals surface area (Å²) < 4.78 is 7.21. The van der Waals surface area contributed by atoms with Crippen molar-refractivity contribution in [2.45, 2.75) is 50.3 Å². The molecule has 0 radical (unpaired) electrons. The first-order valence-electron chi connectivity index (χ1n) is 12.9. The summed E-state index contributed by atoms with van der Waals surface area (Å²) in [6.45, 7) is 1.73. The summed E-state index contributed by atoms with van der Waals surface area (Å²) in [6.07, 6.45) is 6.23. The van der Waals surface area contributed by atoms with Crippen LogP contribution in [-0.4, -0.2) is 54.3 Å². The van der Waals surface area contributed by atoms with Crippen LogP contribution < -0.4 is 5.32 Å². The third kappa shape index (κ3) is 5.11. The molecule has 6 rings (SSSR count). The van der Waals surface area contributed by atoms with E-state index in [0.29, 0.717) is 48.4 Å². The zero-order valence-electron chi connectivity index (χ0n) is 20.9. The maximum atomic E-state index is 10.9. The second-order valence-corrected chi connectivity index (χ2v) is 9.91. The Morgan fingerprint density at radius 1 is 1.05 bits per heavy atom. The molecule has 1 saturated carbocycles. The van der Waals surface area contributed by atoms with Gasteiger partial charge in [-0.3, -0.25) is 4.98 Å². The topological polar surface area (TPSA) is 135 Å². The number of nitriles is 1. The van der Waals surface area contributed by atoms with E-state index in [9.17, 15) is 10.4 Å². The molecule has 192 valence electrons. The van der Waals surface area contributed by atoms with Crippen molar-refractivity contribution in [1.29, 1.82) is 5.26 Å². The standard InChI is InChI=1S/C28H28N8O2/c29-15-19-5-3-6-20(13-19)23-14-24(33-27(32-23)31-22-9-12-38-18-22)25-17-36(35-34-25)16-21-7-4-8-26(30-21)28(37)10-1-2-11-28/h3-8,13-14,17,22,37H,1-2,9-12,16,18H2,(H,31,32,33)/t22-/m1/s1. The molecule has 1 atom stereocenters. The van der Waals surface area contributed by atoms with E-state index >= 15 is 0 Å². The number of aliphatic hydroxyl groups is 1. The maximum absolute atomic E-state index is 10.9. The Bertz CT molecular complexity index is 1480. The lowest BCUT2D eigenvalue weighted by atomic mass is 9.97. The number of nitrogens with one attached hydrogen (secondary N) is 1. The van der Waals surface area contributed by atoms with Gasteiger partial charge in [0.1, 0.15) is 11.3 Å². The molecule has 10 nitrogen and oxygen atoms in total. The number of hydrogen-bond donors (Lipinski definition) is 2. The molecule has 0 spiro atoms. The fourth-order valence-electron chi connectivity index (χ4n) is 5.07. The predicted molar refractivity (Wildman–Crippen MR) is 140 cm³/mol. The molecule has 0 bridgehead atoms. The average molecular weight is 509 g/mol. The second kappa shape index (κ2) is 10.3. The first-order chi connectivity index (χ1) is 18.6. The monoisotopic (exact) mass is 508 g/mol. The minimum Gasteiger partial charge on any atom is -0.384 e. The van der Waals surface area contributed by atoms with Crippen molar-refractivity contribution >= 4 is 5.95 Å². The second-order valence-electron chi connectivity index (χ2n) is 9.91. The summed E-state index contributed by atoms with van der Waals surface area (Å²) in [5.41, 5.74) is 3.97. The van der Waals surface area contributed by atoms with Crippen LogP contribution in [0.4, 0.5) is 5.95 Å². The van der Waals surface area contributed by atoms with E-state index in [1.165, 1.54) is 0 Å². The van der Waals surface area contributed by atoms with Crippen molar-refractivity contribution in [1.82, 2.24) is 29.9 Å². The lowest BCUT2D eigenvalue weighted by Gasteiger charge is -2.21. The van der Waals surface area contributed by atoms with Crippen molar-refractivity contribution in [3.05, 3.63) is 71.7 Å². The molecule has 1 aliphatic heterocycles. The van der Waals surface area contributed by atoms with Gasteiger partial charge in [-0.1, -0.05) is 36.3 Å². The first kappa shape index (κ1) is 24.2. The van der Waals surface area contributed by atoms with Crippen molar-refractivity contribution in [3.8, 4) is 28.7 Å². The summed E-state index contributed by atoms with van der Waals surface area (Å²) >= 11 is 0. The van der Waals surface area contributed by atoms with Crippen LogP contribution in [0.15, 0.2) is 54.7 Å². The minimum atomic E-state index is -0.836. The Morgan fingerprint density at radius 2 is 1.89 bits per heavy atom. The molecule has 4 heterocycles. The number of nitrogens with zero attached hydrogens (tertiary/aromatic N) is 7. The molecule has 1 aromatic carbocycles. The van der Waals surface area contributed by atoms with E-state index in [-0.39, 0.29) is 6.04 Å². The first-order valence-corrected chi connectivity index (χ1v) is 12.9. The third-order valence-corrected chi connectivity index (χ3v) is 7.12. The highest BCUT2D eigenvalue weighted by Crippen LogP contribution is 2.37. The molecular formula is C28H28N8O2. The Balaban J connectivity index is 1.29. The fraction of sp³-hybridized carbons (Fsp3) is 0.357. The number of pyridine rings is 1. The van der Waals surface area contributed by atoms with Gasteiger partial charge in [0.15, 0.2) is 0 Å². The van der Waals surface area contributed by atoms with E-state index in [1.807, 2.05) is 48.7 Å². The van der Waals surface area contributed by atoms with Crippen LogP contribution in [0, 0.1) is 11.3 Å². The molecule has 1 aliphatic carbocycles. The van der Waals surface area contributed by atoms with E-state index in [1.54, 1.807) is 10.7 Å². The summed E-state index contributed by atoms with van der Waals surface area (Å²) in [4.78, 5) is 14.2. The van der Waals surface area contributed by atoms with Crippen LogP contribution >= 0.6 is 0 Å². The molecule has 38 heavy (non-hydrogen) atoms. The summed E-state index contributed by atoms with van der Waals surface area (Å²) in [5, 5.41) is 32.4. The highest BCUT2D eigenvalue weighted by atomic mass is 16.5. The van der Waals surface area contributed by atoms with Crippen LogP contribution in [0.5, 0.6) is 0 Å². The number of anilines is 1. The largest absolute Gasteiger partial charge is 0.384 e. The SMILES string of the molecule is N#Cc1cccc(-c2cc(-c3cn(Cc4cccc(C5(O)CCCC5)n4)nn3)nc(N[C@@H]3CCOC3)n2)c1. The van der Waals surface area contributed by atoms with Crippen molar-refractivity contribution < 1.29 is 9.84 Å². The van der Waals surface area contributed by atoms with Crippen molar-refractivity contribution in [2.75, 3.05) is 18.5 Å². The Kier molecular flexibility index (Phi) is 6.54. The number of aromatic nitrogens is 6. The normalized spacial score (nSPS) is 18.4. The molecule has 2 N–H and O–H groups in total. The Morgan fingerprint density at radius 3 is 2.71 bits per heavy atom. The van der Waals surface area contributed by atoms with Gasteiger partial charge in [0.05, 0.1) is 59.8 Å². The van der Waals surface area contributed by atoms with Gasteiger partial charge in [-0.15, -0.1) is 5.10 Å². The summed E-state index contributed by atoms with van der Waals surface area (Å²) in [5.74, 6) is 0.476. The minimum absolute atomic E-state index is 0.132. The molecule has 2 aliphatic rings. The smallest absolute Gasteiger partial charge is 0.224 e. The number of hydrogen-bond acceptors (Lipinski definition) is 9. The third-order valence-electron chi connectivity index (χ3n) is 7.12. The lowest BCUT2D eigenvalue weighted by Crippen LogP contribution is -2.23. The van der Waals surface area contributed by atoms with Crippen molar-refractivity contribution in [2.24, 2.45) is 0 Å².